The molecule has 1 aliphatic heterocycles. The lowest BCUT2D eigenvalue weighted by molar-refractivity contribution is 0.172. The van der Waals surface area contributed by atoms with Gasteiger partial charge in [0.2, 0.25) is 0 Å². The van der Waals surface area contributed by atoms with E-state index in [0.717, 1.165) is 50.3 Å². The van der Waals surface area contributed by atoms with Crippen LogP contribution in [-0.2, 0) is 11.3 Å². The van der Waals surface area contributed by atoms with Crippen LogP contribution in [0.1, 0.15) is 31.7 Å². The fourth-order valence-corrected chi connectivity index (χ4v) is 2.87. The molecule has 0 amide bonds. The maximum atomic E-state index is 5.76. The number of hydrogen-bond donors (Lipinski definition) is 1. The second kappa shape index (κ2) is 12.4. The average molecular weight is 461 g/mol. The van der Waals surface area contributed by atoms with Gasteiger partial charge in [-0.15, -0.1) is 24.0 Å². The summed E-state index contributed by atoms with van der Waals surface area (Å²) in [6, 6.07) is 8.23. The molecule has 0 unspecified atom stereocenters. The molecule has 1 fully saturated rings. The van der Waals surface area contributed by atoms with Crippen molar-refractivity contribution in [3.8, 4) is 5.75 Å². The molecule has 0 radical (unpaired) electrons. The Kier molecular flexibility index (Phi) is 10.9. The third-order valence-electron chi connectivity index (χ3n) is 4.41. The lowest BCUT2D eigenvalue weighted by Crippen LogP contribution is -2.45. The Morgan fingerprint density at radius 2 is 2.04 bits per heavy atom. The van der Waals surface area contributed by atoms with Gasteiger partial charge in [-0.1, -0.05) is 19.1 Å². The maximum absolute atomic E-state index is 5.76. The van der Waals surface area contributed by atoms with Crippen LogP contribution in [0.4, 0.5) is 0 Å². The van der Waals surface area contributed by atoms with Crippen molar-refractivity contribution >= 4 is 29.9 Å². The summed E-state index contributed by atoms with van der Waals surface area (Å²) in [5.41, 5.74) is 1.20. The van der Waals surface area contributed by atoms with Gasteiger partial charge in [0.25, 0.3) is 0 Å². The molecule has 1 heterocycles. The standard InChI is InChI=1S/C19H31N3O2.HI/c1-16-8-10-22(11-9-16)19(20-2)21-15-17-6-4-7-18(14-17)24-13-5-12-23-3;/h4,6-7,14,16H,5,8-13,15H2,1-3H3,(H,20,21);1H. The van der Waals surface area contributed by atoms with Crippen LogP contribution >= 0.6 is 24.0 Å². The van der Waals surface area contributed by atoms with Crippen molar-refractivity contribution in [3.05, 3.63) is 29.8 Å². The lowest BCUT2D eigenvalue weighted by Gasteiger charge is -2.32. The molecule has 25 heavy (non-hydrogen) atoms. The minimum absolute atomic E-state index is 0. The Morgan fingerprint density at radius 3 is 2.72 bits per heavy atom. The molecule has 0 aromatic heterocycles. The largest absolute Gasteiger partial charge is 0.493 e. The first-order chi connectivity index (χ1) is 11.7. The van der Waals surface area contributed by atoms with Crippen molar-refractivity contribution in [1.82, 2.24) is 10.2 Å². The van der Waals surface area contributed by atoms with E-state index < -0.39 is 0 Å². The van der Waals surface area contributed by atoms with E-state index in [-0.39, 0.29) is 24.0 Å². The zero-order valence-electron chi connectivity index (χ0n) is 15.7. The Morgan fingerprint density at radius 1 is 1.28 bits per heavy atom. The molecule has 1 aromatic rings. The van der Waals surface area contributed by atoms with E-state index in [0.29, 0.717) is 6.61 Å². The second-order valence-corrected chi connectivity index (χ2v) is 6.41. The van der Waals surface area contributed by atoms with Gasteiger partial charge in [-0.05, 0) is 36.5 Å². The number of benzene rings is 1. The van der Waals surface area contributed by atoms with Crippen LogP contribution in [0.3, 0.4) is 0 Å². The molecule has 0 bridgehead atoms. The molecule has 1 N–H and O–H groups in total. The molecule has 142 valence electrons. The van der Waals surface area contributed by atoms with Crippen LogP contribution in [0.5, 0.6) is 5.75 Å². The normalized spacial score (nSPS) is 15.6. The van der Waals surface area contributed by atoms with Crippen LogP contribution < -0.4 is 10.1 Å². The molecule has 1 saturated heterocycles. The molecule has 0 saturated carbocycles. The summed E-state index contributed by atoms with van der Waals surface area (Å²) in [5.74, 6) is 2.73. The first-order valence-electron chi connectivity index (χ1n) is 8.89. The molecular formula is C19H32IN3O2. The number of ether oxygens (including phenoxy) is 2. The molecule has 0 aliphatic carbocycles. The number of piperidine rings is 1. The van der Waals surface area contributed by atoms with Gasteiger partial charge in [-0.25, -0.2) is 0 Å². The summed E-state index contributed by atoms with van der Waals surface area (Å²) in [6.45, 7) is 6.66. The van der Waals surface area contributed by atoms with E-state index in [9.17, 15) is 0 Å². The van der Waals surface area contributed by atoms with E-state index in [1.807, 2.05) is 19.2 Å². The molecule has 1 aromatic carbocycles. The Labute approximate surface area is 169 Å². The number of rotatable bonds is 7. The van der Waals surface area contributed by atoms with E-state index >= 15 is 0 Å². The Bertz CT molecular complexity index is 517. The van der Waals surface area contributed by atoms with E-state index in [1.165, 1.54) is 18.4 Å². The van der Waals surface area contributed by atoms with Crippen molar-refractivity contribution < 1.29 is 9.47 Å². The average Bonchev–Trinajstić information content (AvgIpc) is 2.61. The van der Waals surface area contributed by atoms with Gasteiger partial charge in [0.1, 0.15) is 5.75 Å². The number of aliphatic imine (C=N–C) groups is 1. The number of nitrogens with one attached hydrogen (secondary N) is 1. The van der Waals surface area contributed by atoms with Crippen LogP contribution in [0, 0.1) is 5.92 Å². The van der Waals surface area contributed by atoms with Crippen LogP contribution in [0.25, 0.3) is 0 Å². The summed E-state index contributed by atoms with van der Waals surface area (Å²) >= 11 is 0. The summed E-state index contributed by atoms with van der Waals surface area (Å²) in [6.07, 6.45) is 3.38. The molecule has 0 spiro atoms. The van der Waals surface area contributed by atoms with Crippen LogP contribution in [0.2, 0.25) is 0 Å². The number of likely N-dealkylation sites (tertiary alicyclic amines) is 1. The van der Waals surface area contributed by atoms with Crippen molar-refractivity contribution in [3.63, 3.8) is 0 Å². The van der Waals surface area contributed by atoms with Crippen molar-refractivity contribution in [2.45, 2.75) is 32.7 Å². The number of methoxy groups -OCH3 is 1. The topological polar surface area (TPSA) is 46.1 Å². The summed E-state index contributed by atoms with van der Waals surface area (Å²) in [7, 11) is 3.57. The molecule has 5 nitrogen and oxygen atoms in total. The van der Waals surface area contributed by atoms with Gasteiger partial charge in [0, 0.05) is 46.8 Å². The first-order valence-corrected chi connectivity index (χ1v) is 8.89. The molecule has 6 heteroatoms. The van der Waals surface area contributed by atoms with Gasteiger partial charge >= 0.3 is 0 Å². The second-order valence-electron chi connectivity index (χ2n) is 6.41. The number of halogens is 1. The zero-order valence-corrected chi connectivity index (χ0v) is 18.0. The Hall–Kier alpha value is -1.02. The number of nitrogens with zero attached hydrogens (tertiary/aromatic N) is 2. The van der Waals surface area contributed by atoms with Crippen LogP contribution in [-0.4, -0.2) is 51.3 Å². The third kappa shape index (κ3) is 7.81. The highest BCUT2D eigenvalue weighted by molar-refractivity contribution is 14.0. The predicted octanol–water partition coefficient (Wildman–Crippen LogP) is 3.53. The highest BCUT2D eigenvalue weighted by Gasteiger charge is 2.18. The summed E-state index contributed by atoms with van der Waals surface area (Å²) in [4.78, 5) is 6.78. The molecule has 2 rings (SSSR count). The minimum Gasteiger partial charge on any atom is -0.493 e. The van der Waals surface area contributed by atoms with Gasteiger partial charge in [0.05, 0.1) is 6.61 Å². The first kappa shape index (κ1) is 22.0. The van der Waals surface area contributed by atoms with Gasteiger partial charge < -0.3 is 19.7 Å². The summed E-state index contributed by atoms with van der Waals surface area (Å²) in [5, 5.41) is 3.47. The summed E-state index contributed by atoms with van der Waals surface area (Å²) < 4.78 is 10.8. The van der Waals surface area contributed by atoms with E-state index in [4.69, 9.17) is 9.47 Å². The maximum Gasteiger partial charge on any atom is 0.193 e. The van der Waals surface area contributed by atoms with Gasteiger partial charge in [-0.2, -0.15) is 0 Å². The quantitative estimate of drug-likeness (QED) is 0.292. The third-order valence-corrected chi connectivity index (χ3v) is 4.41. The monoisotopic (exact) mass is 461 g/mol. The predicted molar refractivity (Wildman–Crippen MR) is 114 cm³/mol. The highest BCUT2D eigenvalue weighted by Crippen LogP contribution is 2.17. The smallest absolute Gasteiger partial charge is 0.193 e. The lowest BCUT2D eigenvalue weighted by atomic mass is 10.00. The molecule has 0 atom stereocenters. The van der Waals surface area contributed by atoms with E-state index in [2.05, 4.69) is 34.3 Å². The fourth-order valence-electron chi connectivity index (χ4n) is 2.87. The van der Waals surface area contributed by atoms with Crippen LogP contribution in [0.15, 0.2) is 29.3 Å². The van der Waals surface area contributed by atoms with Gasteiger partial charge in [0.15, 0.2) is 5.96 Å². The fraction of sp³-hybridized carbons (Fsp3) is 0.632. The SMILES string of the molecule is CN=C(NCc1cccc(OCCCOC)c1)N1CCC(C)CC1.I. The molecular weight excluding hydrogens is 429 g/mol. The van der Waals surface area contributed by atoms with E-state index in [1.54, 1.807) is 7.11 Å². The number of guanidine groups is 1. The zero-order chi connectivity index (χ0) is 17.2. The van der Waals surface area contributed by atoms with Crippen molar-refractivity contribution in [2.24, 2.45) is 10.9 Å². The minimum atomic E-state index is 0. The van der Waals surface area contributed by atoms with Crippen molar-refractivity contribution in [2.75, 3.05) is 40.5 Å². The van der Waals surface area contributed by atoms with Gasteiger partial charge in [-0.3, -0.25) is 4.99 Å². The highest BCUT2D eigenvalue weighted by atomic mass is 127. The Balaban J connectivity index is 0.00000312. The number of hydrogen-bond acceptors (Lipinski definition) is 3. The molecule has 1 aliphatic rings. The van der Waals surface area contributed by atoms with Crippen molar-refractivity contribution in [1.29, 1.82) is 0 Å².